The Morgan fingerprint density at radius 3 is 2.69 bits per heavy atom. The number of hydrogen-bond acceptors (Lipinski definition) is 2. The predicted molar refractivity (Wildman–Crippen MR) is 64.1 cm³/mol. The summed E-state index contributed by atoms with van der Waals surface area (Å²) in [7, 11) is 0. The molecule has 0 aliphatic rings. The van der Waals surface area contributed by atoms with Crippen LogP contribution in [0.25, 0.3) is 11.3 Å². The van der Waals surface area contributed by atoms with Crippen molar-refractivity contribution in [3.05, 3.63) is 41.9 Å². The maximum absolute atomic E-state index is 5.29. The summed E-state index contributed by atoms with van der Waals surface area (Å²) in [5.74, 6) is 0.873. The van der Waals surface area contributed by atoms with Gasteiger partial charge in [-0.1, -0.05) is 29.8 Å². The van der Waals surface area contributed by atoms with Gasteiger partial charge in [0, 0.05) is 18.4 Å². The van der Waals surface area contributed by atoms with Crippen LogP contribution in [-0.4, -0.2) is 16.6 Å². The molecular formula is C13H16N2O. The van der Waals surface area contributed by atoms with Crippen LogP contribution >= 0.6 is 0 Å². The summed E-state index contributed by atoms with van der Waals surface area (Å²) in [4.78, 5) is 7.58. The largest absolute Gasteiger partial charge is 0.374 e. The van der Waals surface area contributed by atoms with Gasteiger partial charge in [0.1, 0.15) is 12.4 Å². The van der Waals surface area contributed by atoms with Crippen LogP contribution in [0.15, 0.2) is 30.5 Å². The molecule has 3 heteroatoms. The van der Waals surface area contributed by atoms with Gasteiger partial charge in [0.15, 0.2) is 0 Å². The third-order valence-electron chi connectivity index (χ3n) is 2.42. The summed E-state index contributed by atoms with van der Waals surface area (Å²) in [6.07, 6.45) is 1.92. The molecule has 2 aromatic rings. The average molecular weight is 216 g/mol. The molecule has 0 aliphatic heterocycles. The van der Waals surface area contributed by atoms with Crippen LogP contribution in [0.2, 0.25) is 0 Å². The van der Waals surface area contributed by atoms with Crippen molar-refractivity contribution in [2.45, 2.75) is 20.5 Å². The molecule has 3 nitrogen and oxygen atoms in total. The van der Waals surface area contributed by atoms with Gasteiger partial charge in [-0.2, -0.15) is 0 Å². The van der Waals surface area contributed by atoms with Crippen LogP contribution < -0.4 is 0 Å². The van der Waals surface area contributed by atoms with Crippen molar-refractivity contribution >= 4 is 0 Å². The molecule has 0 unspecified atom stereocenters. The number of nitrogens with one attached hydrogen (secondary N) is 1. The van der Waals surface area contributed by atoms with E-state index in [0.29, 0.717) is 13.2 Å². The number of benzene rings is 1. The maximum Gasteiger partial charge on any atom is 0.132 e. The van der Waals surface area contributed by atoms with E-state index >= 15 is 0 Å². The lowest BCUT2D eigenvalue weighted by Crippen LogP contribution is -1.93. The lowest BCUT2D eigenvalue weighted by Gasteiger charge is -1.97. The average Bonchev–Trinajstić information content (AvgIpc) is 2.76. The van der Waals surface area contributed by atoms with E-state index in [1.165, 1.54) is 5.56 Å². The summed E-state index contributed by atoms with van der Waals surface area (Å²) in [6, 6.07) is 8.34. The third kappa shape index (κ3) is 2.49. The SMILES string of the molecule is CCOCc1nc(-c2ccc(C)cc2)c[nH]1. The summed E-state index contributed by atoms with van der Waals surface area (Å²) < 4.78 is 5.29. The predicted octanol–water partition coefficient (Wildman–Crippen LogP) is 2.92. The third-order valence-corrected chi connectivity index (χ3v) is 2.42. The normalized spacial score (nSPS) is 10.6. The highest BCUT2D eigenvalue weighted by Crippen LogP contribution is 2.17. The molecule has 0 spiro atoms. The summed E-state index contributed by atoms with van der Waals surface area (Å²) in [5.41, 5.74) is 3.35. The summed E-state index contributed by atoms with van der Waals surface area (Å²) in [6.45, 7) is 5.31. The number of ether oxygens (including phenoxy) is 1. The van der Waals surface area contributed by atoms with E-state index in [1.54, 1.807) is 0 Å². The summed E-state index contributed by atoms with van der Waals surface area (Å²) >= 11 is 0. The molecule has 1 aromatic carbocycles. The molecular weight excluding hydrogens is 200 g/mol. The molecule has 84 valence electrons. The van der Waals surface area contributed by atoms with Crippen LogP contribution in [0.5, 0.6) is 0 Å². The van der Waals surface area contributed by atoms with Crippen molar-refractivity contribution in [3.8, 4) is 11.3 Å². The Kier molecular flexibility index (Phi) is 3.37. The first kappa shape index (κ1) is 10.9. The van der Waals surface area contributed by atoms with E-state index in [9.17, 15) is 0 Å². The molecule has 16 heavy (non-hydrogen) atoms. The Balaban J connectivity index is 2.15. The second-order valence-corrected chi connectivity index (χ2v) is 3.74. The van der Waals surface area contributed by atoms with Gasteiger partial charge in [-0.25, -0.2) is 4.98 Å². The van der Waals surface area contributed by atoms with Gasteiger partial charge in [-0.15, -0.1) is 0 Å². The molecule has 0 atom stereocenters. The van der Waals surface area contributed by atoms with Crippen LogP contribution in [0, 0.1) is 6.92 Å². The van der Waals surface area contributed by atoms with E-state index < -0.39 is 0 Å². The highest BCUT2D eigenvalue weighted by Gasteiger charge is 2.03. The highest BCUT2D eigenvalue weighted by atomic mass is 16.5. The van der Waals surface area contributed by atoms with E-state index in [4.69, 9.17) is 4.74 Å². The minimum absolute atomic E-state index is 0.544. The van der Waals surface area contributed by atoms with E-state index in [2.05, 4.69) is 41.2 Å². The quantitative estimate of drug-likeness (QED) is 0.853. The second-order valence-electron chi connectivity index (χ2n) is 3.74. The Morgan fingerprint density at radius 2 is 2.00 bits per heavy atom. The molecule has 1 N–H and O–H groups in total. The number of aromatic nitrogens is 2. The van der Waals surface area contributed by atoms with E-state index in [1.807, 2.05) is 13.1 Å². The molecule has 2 rings (SSSR count). The number of rotatable bonds is 4. The summed E-state index contributed by atoms with van der Waals surface area (Å²) in [5, 5.41) is 0. The topological polar surface area (TPSA) is 37.9 Å². The number of H-pyrrole nitrogens is 1. The van der Waals surface area contributed by atoms with Gasteiger partial charge >= 0.3 is 0 Å². The molecule has 0 fully saturated rings. The van der Waals surface area contributed by atoms with Crippen LogP contribution in [0.1, 0.15) is 18.3 Å². The number of hydrogen-bond donors (Lipinski definition) is 1. The van der Waals surface area contributed by atoms with Gasteiger partial charge in [0.25, 0.3) is 0 Å². The Hall–Kier alpha value is -1.61. The van der Waals surface area contributed by atoms with E-state index in [-0.39, 0.29) is 0 Å². The standard InChI is InChI=1S/C13H16N2O/c1-3-16-9-13-14-8-12(15-13)11-6-4-10(2)5-7-11/h4-8H,3,9H2,1-2H3,(H,14,15). The lowest BCUT2D eigenvalue weighted by molar-refractivity contribution is 0.129. The zero-order chi connectivity index (χ0) is 11.4. The first-order valence-electron chi connectivity index (χ1n) is 5.48. The lowest BCUT2D eigenvalue weighted by atomic mass is 10.1. The van der Waals surface area contributed by atoms with Gasteiger partial charge in [-0.3, -0.25) is 0 Å². The van der Waals surface area contributed by atoms with Crippen LogP contribution in [0.3, 0.4) is 0 Å². The number of aryl methyl sites for hydroxylation is 1. The number of nitrogens with zero attached hydrogens (tertiary/aromatic N) is 1. The van der Waals surface area contributed by atoms with E-state index in [0.717, 1.165) is 17.1 Å². The smallest absolute Gasteiger partial charge is 0.132 e. The van der Waals surface area contributed by atoms with Gasteiger partial charge in [-0.05, 0) is 13.8 Å². The highest BCUT2D eigenvalue weighted by molar-refractivity contribution is 5.58. The van der Waals surface area contributed by atoms with Crippen molar-refractivity contribution in [1.29, 1.82) is 0 Å². The fraction of sp³-hybridized carbons (Fsp3) is 0.308. The van der Waals surface area contributed by atoms with Crippen molar-refractivity contribution in [2.75, 3.05) is 6.61 Å². The fourth-order valence-corrected chi connectivity index (χ4v) is 1.51. The molecule has 0 saturated heterocycles. The maximum atomic E-state index is 5.29. The van der Waals surface area contributed by atoms with Crippen molar-refractivity contribution in [2.24, 2.45) is 0 Å². The fourth-order valence-electron chi connectivity index (χ4n) is 1.51. The second kappa shape index (κ2) is 4.94. The van der Waals surface area contributed by atoms with Crippen molar-refractivity contribution in [3.63, 3.8) is 0 Å². The van der Waals surface area contributed by atoms with Crippen LogP contribution in [0.4, 0.5) is 0 Å². The molecule has 0 saturated carbocycles. The minimum Gasteiger partial charge on any atom is -0.374 e. The minimum atomic E-state index is 0.544. The Bertz CT molecular complexity index is 445. The molecule has 0 bridgehead atoms. The van der Waals surface area contributed by atoms with Crippen molar-refractivity contribution < 1.29 is 4.74 Å². The molecule has 1 aromatic heterocycles. The Morgan fingerprint density at radius 1 is 1.25 bits per heavy atom. The zero-order valence-corrected chi connectivity index (χ0v) is 9.66. The number of imidazole rings is 1. The van der Waals surface area contributed by atoms with Crippen LogP contribution in [-0.2, 0) is 11.3 Å². The zero-order valence-electron chi connectivity index (χ0n) is 9.66. The van der Waals surface area contributed by atoms with Gasteiger partial charge in [0.2, 0.25) is 0 Å². The van der Waals surface area contributed by atoms with Crippen molar-refractivity contribution in [1.82, 2.24) is 9.97 Å². The monoisotopic (exact) mass is 216 g/mol. The van der Waals surface area contributed by atoms with Gasteiger partial charge in [0.05, 0.1) is 5.69 Å². The molecule has 0 amide bonds. The molecule has 1 heterocycles. The number of aromatic amines is 1. The first-order chi connectivity index (χ1) is 7.79. The Labute approximate surface area is 95.5 Å². The molecule has 0 aliphatic carbocycles. The molecule has 0 radical (unpaired) electrons. The van der Waals surface area contributed by atoms with Gasteiger partial charge < -0.3 is 9.72 Å². The first-order valence-corrected chi connectivity index (χ1v) is 5.48.